The van der Waals surface area contributed by atoms with Gasteiger partial charge in [-0.2, -0.15) is 0 Å². The maximum Gasteiger partial charge on any atom is 0.324 e. The average molecular weight is 280 g/mol. The van der Waals surface area contributed by atoms with Gasteiger partial charge in [-0.05, 0) is 20.3 Å². The average Bonchev–Trinajstić information content (AvgIpc) is 2.37. The third-order valence-corrected chi connectivity index (χ3v) is 2.61. The van der Waals surface area contributed by atoms with Gasteiger partial charge in [-0.3, -0.25) is 9.59 Å². The molecular formula is C16H24O4. The molecule has 0 aromatic rings. The Kier molecular flexibility index (Phi) is 8.38. The Morgan fingerprint density at radius 3 is 2.05 bits per heavy atom. The standard InChI is InChI=1S/C16H24O4/c1-6-11-16(14(17)19-7-2,15(18)20-8-3)12-9-10-13(4)5/h6,13H,1,7-8,11-12H2,2-5H3. The molecule has 0 heterocycles. The van der Waals surface area contributed by atoms with Crippen LogP contribution in [-0.2, 0) is 19.1 Å². The highest BCUT2D eigenvalue weighted by atomic mass is 16.6. The molecule has 112 valence electrons. The zero-order valence-electron chi connectivity index (χ0n) is 12.8. The molecule has 0 rings (SSSR count). The van der Waals surface area contributed by atoms with E-state index in [2.05, 4.69) is 18.4 Å². The minimum Gasteiger partial charge on any atom is -0.465 e. The lowest BCUT2D eigenvalue weighted by Gasteiger charge is -2.26. The van der Waals surface area contributed by atoms with Crippen molar-refractivity contribution >= 4 is 11.9 Å². The first-order chi connectivity index (χ1) is 9.44. The minimum absolute atomic E-state index is 0.0782. The summed E-state index contributed by atoms with van der Waals surface area (Å²) in [4.78, 5) is 24.4. The lowest BCUT2D eigenvalue weighted by molar-refractivity contribution is -0.171. The van der Waals surface area contributed by atoms with Gasteiger partial charge < -0.3 is 9.47 Å². The Bertz CT molecular complexity index is 380. The van der Waals surface area contributed by atoms with Gasteiger partial charge in [-0.25, -0.2) is 0 Å². The van der Waals surface area contributed by atoms with Crippen LogP contribution in [0.1, 0.15) is 40.5 Å². The fourth-order valence-corrected chi connectivity index (χ4v) is 1.66. The number of esters is 2. The zero-order chi connectivity index (χ0) is 15.6. The number of allylic oxidation sites excluding steroid dienone is 1. The fourth-order valence-electron chi connectivity index (χ4n) is 1.66. The first-order valence-electron chi connectivity index (χ1n) is 6.88. The van der Waals surface area contributed by atoms with Gasteiger partial charge in [-0.1, -0.05) is 19.9 Å². The highest BCUT2D eigenvalue weighted by Crippen LogP contribution is 2.31. The van der Waals surface area contributed by atoms with Gasteiger partial charge in [0.25, 0.3) is 0 Å². The Labute approximate surface area is 121 Å². The monoisotopic (exact) mass is 280 g/mol. The number of hydrogen-bond acceptors (Lipinski definition) is 4. The maximum absolute atomic E-state index is 12.2. The summed E-state index contributed by atoms with van der Waals surface area (Å²) in [6.07, 6.45) is 1.75. The molecule has 0 bridgehead atoms. The molecule has 0 aliphatic rings. The van der Waals surface area contributed by atoms with Crippen molar-refractivity contribution in [3.8, 4) is 11.8 Å². The molecule has 4 heteroatoms. The van der Waals surface area contributed by atoms with Gasteiger partial charge >= 0.3 is 11.9 Å². The lowest BCUT2D eigenvalue weighted by Crippen LogP contribution is -2.41. The van der Waals surface area contributed by atoms with Crippen LogP contribution in [0.3, 0.4) is 0 Å². The summed E-state index contributed by atoms with van der Waals surface area (Å²) >= 11 is 0. The lowest BCUT2D eigenvalue weighted by atomic mass is 9.81. The molecule has 0 aliphatic heterocycles. The molecule has 0 unspecified atom stereocenters. The van der Waals surface area contributed by atoms with E-state index in [0.29, 0.717) is 0 Å². The van der Waals surface area contributed by atoms with Crippen molar-refractivity contribution in [2.75, 3.05) is 13.2 Å². The highest BCUT2D eigenvalue weighted by molar-refractivity contribution is 6.00. The number of hydrogen-bond donors (Lipinski definition) is 0. The number of carbonyl (C=O) groups excluding carboxylic acids is 2. The molecule has 20 heavy (non-hydrogen) atoms. The van der Waals surface area contributed by atoms with Gasteiger partial charge in [0.2, 0.25) is 0 Å². The summed E-state index contributed by atoms with van der Waals surface area (Å²) in [7, 11) is 0. The van der Waals surface area contributed by atoms with Crippen LogP contribution in [0.5, 0.6) is 0 Å². The van der Waals surface area contributed by atoms with Crippen molar-refractivity contribution in [1.82, 2.24) is 0 Å². The predicted octanol–water partition coefficient (Wildman–Crippen LogP) is 2.72. The second kappa shape index (κ2) is 9.19. The summed E-state index contributed by atoms with van der Waals surface area (Å²) < 4.78 is 10.1. The molecule has 0 spiro atoms. The van der Waals surface area contributed by atoms with Crippen molar-refractivity contribution in [3.63, 3.8) is 0 Å². The van der Waals surface area contributed by atoms with Gasteiger partial charge in [-0.15, -0.1) is 18.4 Å². The van der Waals surface area contributed by atoms with Gasteiger partial charge in [0.15, 0.2) is 5.41 Å². The second-order valence-electron chi connectivity index (χ2n) is 4.67. The summed E-state index contributed by atoms with van der Waals surface area (Å²) in [5.41, 5.74) is -1.41. The number of carbonyl (C=O) groups is 2. The molecule has 0 radical (unpaired) electrons. The molecule has 0 saturated carbocycles. The van der Waals surface area contributed by atoms with E-state index in [1.165, 1.54) is 6.08 Å². The second-order valence-corrected chi connectivity index (χ2v) is 4.67. The van der Waals surface area contributed by atoms with E-state index in [-0.39, 0.29) is 32.0 Å². The molecule has 0 atom stereocenters. The summed E-state index contributed by atoms with van der Waals surface area (Å²) in [5, 5.41) is 0. The van der Waals surface area contributed by atoms with E-state index in [0.717, 1.165) is 0 Å². The summed E-state index contributed by atoms with van der Waals surface area (Å²) in [6, 6.07) is 0. The normalized spacial score (nSPS) is 10.4. The van der Waals surface area contributed by atoms with Gasteiger partial charge in [0, 0.05) is 12.3 Å². The van der Waals surface area contributed by atoms with E-state index in [9.17, 15) is 9.59 Å². The van der Waals surface area contributed by atoms with Crippen LogP contribution in [0, 0.1) is 23.2 Å². The molecule has 0 fully saturated rings. The van der Waals surface area contributed by atoms with E-state index in [1.807, 2.05) is 13.8 Å². The van der Waals surface area contributed by atoms with Crippen LogP contribution in [0.2, 0.25) is 0 Å². The van der Waals surface area contributed by atoms with E-state index in [1.54, 1.807) is 13.8 Å². The molecule has 0 aromatic carbocycles. The topological polar surface area (TPSA) is 52.6 Å². The third-order valence-electron chi connectivity index (χ3n) is 2.61. The molecule has 0 aromatic heterocycles. The van der Waals surface area contributed by atoms with Crippen LogP contribution in [0.15, 0.2) is 12.7 Å². The SMILES string of the molecule is C=CCC(CC#CC(C)C)(C(=O)OCC)C(=O)OCC. The van der Waals surface area contributed by atoms with Crippen molar-refractivity contribution in [1.29, 1.82) is 0 Å². The smallest absolute Gasteiger partial charge is 0.324 e. The molecule has 4 nitrogen and oxygen atoms in total. The zero-order valence-corrected chi connectivity index (χ0v) is 12.8. The Morgan fingerprint density at radius 2 is 1.70 bits per heavy atom. The van der Waals surface area contributed by atoms with Crippen molar-refractivity contribution < 1.29 is 19.1 Å². The number of ether oxygens (including phenoxy) is 2. The first-order valence-corrected chi connectivity index (χ1v) is 6.88. The van der Waals surface area contributed by atoms with Crippen LogP contribution >= 0.6 is 0 Å². The van der Waals surface area contributed by atoms with Crippen LogP contribution < -0.4 is 0 Å². The molecular weight excluding hydrogens is 256 g/mol. The third kappa shape index (κ3) is 5.08. The molecule has 0 saturated heterocycles. The van der Waals surface area contributed by atoms with Crippen molar-refractivity contribution in [2.24, 2.45) is 11.3 Å². The fraction of sp³-hybridized carbons (Fsp3) is 0.625. The van der Waals surface area contributed by atoms with Crippen molar-refractivity contribution in [3.05, 3.63) is 12.7 Å². The molecule has 0 N–H and O–H groups in total. The molecule has 0 amide bonds. The quantitative estimate of drug-likeness (QED) is 0.311. The maximum atomic E-state index is 12.2. The highest BCUT2D eigenvalue weighted by Gasteiger charge is 2.47. The van der Waals surface area contributed by atoms with Crippen molar-refractivity contribution in [2.45, 2.75) is 40.5 Å². The number of rotatable bonds is 7. The largest absolute Gasteiger partial charge is 0.465 e. The van der Waals surface area contributed by atoms with Crippen LogP contribution in [0.4, 0.5) is 0 Å². The predicted molar refractivity (Wildman–Crippen MR) is 77.7 cm³/mol. The van der Waals surface area contributed by atoms with E-state index >= 15 is 0 Å². The van der Waals surface area contributed by atoms with E-state index < -0.39 is 17.4 Å². The summed E-state index contributed by atoms with van der Waals surface area (Å²) in [5.74, 6) is 4.81. The first kappa shape index (κ1) is 18.2. The van der Waals surface area contributed by atoms with Gasteiger partial charge in [0.05, 0.1) is 13.2 Å². The van der Waals surface area contributed by atoms with Crippen LogP contribution in [0.25, 0.3) is 0 Å². The minimum atomic E-state index is -1.41. The Morgan fingerprint density at radius 1 is 1.20 bits per heavy atom. The summed E-state index contributed by atoms with van der Waals surface area (Å²) in [6.45, 7) is 11.3. The van der Waals surface area contributed by atoms with E-state index in [4.69, 9.17) is 9.47 Å². The van der Waals surface area contributed by atoms with Crippen LogP contribution in [-0.4, -0.2) is 25.2 Å². The Hall–Kier alpha value is -1.76. The van der Waals surface area contributed by atoms with Gasteiger partial charge in [0.1, 0.15) is 0 Å². The Balaban J connectivity index is 5.44. The molecule has 0 aliphatic carbocycles.